The summed E-state index contributed by atoms with van der Waals surface area (Å²) in [6.07, 6.45) is -2.89. The van der Waals surface area contributed by atoms with Crippen molar-refractivity contribution in [3.05, 3.63) is 72.1 Å². The molecular formula is C26H23F2N3O4S. The molecule has 0 fully saturated rings. The van der Waals surface area contributed by atoms with Crippen LogP contribution in [-0.4, -0.2) is 31.2 Å². The SMILES string of the molecule is C=CCC(F)(F)Oc1ccc(NC(=O)c2sc3nc(-c4ccc(OC)c(OC)c4)ccc3c2N)cc1. The molecule has 0 unspecified atom stereocenters. The van der Waals surface area contributed by atoms with Gasteiger partial charge in [-0.2, -0.15) is 8.78 Å². The standard InChI is InChI=1S/C26H23F2N3O4S/c1-4-13-26(27,28)35-17-8-6-16(7-9-17)30-24(32)23-22(29)18-10-11-19(31-25(18)36-23)15-5-12-20(33-2)21(14-15)34-3/h4-12,14H,1,13,29H2,2-3H3,(H,30,32). The lowest BCUT2D eigenvalue weighted by atomic mass is 10.1. The zero-order valence-electron chi connectivity index (χ0n) is 19.5. The Balaban J connectivity index is 1.54. The van der Waals surface area contributed by atoms with Crippen molar-refractivity contribution in [2.45, 2.75) is 12.5 Å². The third kappa shape index (κ3) is 5.23. The molecule has 2 heterocycles. The lowest BCUT2D eigenvalue weighted by Crippen LogP contribution is -2.23. The van der Waals surface area contributed by atoms with Crippen LogP contribution in [0.3, 0.4) is 0 Å². The average molecular weight is 512 g/mol. The van der Waals surface area contributed by atoms with Crippen LogP contribution >= 0.6 is 11.3 Å². The third-order valence-corrected chi connectivity index (χ3v) is 6.35. The second-order valence-corrected chi connectivity index (χ2v) is 8.67. The second-order valence-electron chi connectivity index (χ2n) is 7.67. The number of ether oxygens (including phenoxy) is 3. The van der Waals surface area contributed by atoms with Gasteiger partial charge in [-0.1, -0.05) is 6.08 Å². The highest BCUT2D eigenvalue weighted by molar-refractivity contribution is 7.21. The minimum Gasteiger partial charge on any atom is -0.493 e. The van der Waals surface area contributed by atoms with Gasteiger partial charge in [0.15, 0.2) is 11.5 Å². The number of thiophene rings is 1. The number of nitrogens with two attached hydrogens (primary N) is 1. The number of benzene rings is 2. The van der Waals surface area contributed by atoms with Crippen LogP contribution in [0.1, 0.15) is 16.1 Å². The summed E-state index contributed by atoms with van der Waals surface area (Å²) < 4.78 is 42.5. The van der Waals surface area contributed by atoms with Crippen molar-refractivity contribution in [2.24, 2.45) is 0 Å². The number of nitrogen functional groups attached to an aromatic ring is 1. The zero-order chi connectivity index (χ0) is 25.9. The number of aromatic nitrogens is 1. The molecule has 0 aliphatic heterocycles. The predicted molar refractivity (Wildman–Crippen MR) is 137 cm³/mol. The van der Waals surface area contributed by atoms with Crippen LogP contribution in [0.5, 0.6) is 17.2 Å². The number of rotatable bonds is 9. The molecule has 36 heavy (non-hydrogen) atoms. The molecule has 0 saturated heterocycles. The molecule has 0 aliphatic rings. The second kappa shape index (κ2) is 10.2. The number of nitrogens with one attached hydrogen (secondary N) is 1. The molecule has 1 amide bonds. The Labute approximate surface area is 210 Å². The van der Waals surface area contributed by atoms with E-state index in [9.17, 15) is 13.6 Å². The van der Waals surface area contributed by atoms with E-state index >= 15 is 0 Å². The van der Waals surface area contributed by atoms with Gasteiger partial charge < -0.3 is 25.3 Å². The van der Waals surface area contributed by atoms with Gasteiger partial charge in [-0.05, 0) is 54.6 Å². The van der Waals surface area contributed by atoms with Crippen LogP contribution in [0, 0.1) is 0 Å². The van der Waals surface area contributed by atoms with Crippen molar-refractivity contribution in [1.82, 2.24) is 4.98 Å². The van der Waals surface area contributed by atoms with Gasteiger partial charge in [0.25, 0.3) is 5.91 Å². The number of amides is 1. The number of nitrogens with zero attached hydrogens (tertiary/aromatic N) is 1. The number of alkyl halides is 2. The number of carbonyl (C=O) groups excluding carboxylic acids is 1. The zero-order valence-corrected chi connectivity index (χ0v) is 20.3. The molecule has 2 aromatic carbocycles. The molecule has 186 valence electrons. The number of anilines is 2. The molecular weight excluding hydrogens is 488 g/mol. The summed E-state index contributed by atoms with van der Waals surface area (Å²) in [6, 6.07) is 14.7. The maximum atomic E-state index is 13.6. The van der Waals surface area contributed by atoms with Crippen molar-refractivity contribution in [1.29, 1.82) is 0 Å². The summed E-state index contributed by atoms with van der Waals surface area (Å²) in [4.78, 5) is 18.5. The van der Waals surface area contributed by atoms with Crippen molar-refractivity contribution >= 4 is 38.8 Å². The molecule has 10 heteroatoms. The van der Waals surface area contributed by atoms with E-state index in [1.807, 2.05) is 24.3 Å². The van der Waals surface area contributed by atoms with Crippen LogP contribution in [-0.2, 0) is 0 Å². The van der Waals surface area contributed by atoms with E-state index in [2.05, 4.69) is 21.6 Å². The summed E-state index contributed by atoms with van der Waals surface area (Å²) in [6.45, 7) is 3.29. The van der Waals surface area contributed by atoms with Crippen molar-refractivity contribution in [2.75, 3.05) is 25.3 Å². The molecule has 0 spiro atoms. The normalized spacial score (nSPS) is 11.2. The highest BCUT2D eigenvalue weighted by Gasteiger charge is 2.29. The van der Waals surface area contributed by atoms with Crippen molar-refractivity contribution in [3.8, 4) is 28.5 Å². The Morgan fingerprint density at radius 3 is 2.50 bits per heavy atom. The quantitative estimate of drug-likeness (QED) is 0.254. The third-order valence-electron chi connectivity index (χ3n) is 5.24. The first-order valence-corrected chi connectivity index (χ1v) is 11.6. The first kappa shape index (κ1) is 24.9. The number of pyridine rings is 1. The largest absolute Gasteiger partial charge is 0.493 e. The number of carbonyl (C=O) groups is 1. The van der Waals surface area contributed by atoms with Gasteiger partial charge in [-0.3, -0.25) is 4.79 Å². The Kier molecular flexibility index (Phi) is 7.07. The number of fused-ring (bicyclic) bond motifs is 1. The van der Waals surface area contributed by atoms with Gasteiger partial charge in [0.05, 0.1) is 32.0 Å². The molecule has 4 aromatic rings. The summed E-state index contributed by atoms with van der Waals surface area (Å²) in [7, 11) is 3.12. The van der Waals surface area contributed by atoms with E-state index in [1.54, 1.807) is 20.3 Å². The number of hydrogen-bond donors (Lipinski definition) is 2. The molecule has 2 aromatic heterocycles. The molecule has 7 nitrogen and oxygen atoms in total. The van der Waals surface area contributed by atoms with E-state index in [0.717, 1.165) is 23.0 Å². The highest BCUT2D eigenvalue weighted by Crippen LogP contribution is 2.37. The number of halogens is 2. The Bertz CT molecular complexity index is 1420. The van der Waals surface area contributed by atoms with Gasteiger partial charge in [0, 0.05) is 16.6 Å². The molecule has 0 atom stereocenters. The monoisotopic (exact) mass is 511 g/mol. The number of methoxy groups -OCH3 is 2. The fraction of sp³-hybridized carbons (Fsp3) is 0.154. The van der Waals surface area contributed by atoms with Gasteiger partial charge >= 0.3 is 6.11 Å². The molecule has 0 saturated carbocycles. The van der Waals surface area contributed by atoms with E-state index in [0.29, 0.717) is 43.7 Å². The maximum Gasteiger partial charge on any atom is 0.401 e. The highest BCUT2D eigenvalue weighted by atomic mass is 32.1. The van der Waals surface area contributed by atoms with Gasteiger partial charge in [0.2, 0.25) is 0 Å². The maximum absolute atomic E-state index is 13.6. The summed E-state index contributed by atoms with van der Waals surface area (Å²) in [5, 5.41) is 3.38. The fourth-order valence-corrected chi connectivity index (χ4v) is 4.49. The minimum atomic E-state index is -3.36. The van der Waals surface area contributed by atoms with Crippen LogP contribution in [0.4, 0.5) is 20.2 Å². The summed E-state index contributed by atoms with van der Waals surface area (Å²) in [5.41, 5.74) is 8.45. The number of hydrogen-bond acceptors (Lipinski definition) is 7. The smallest absolute Gasteiger partial charge is 0.401 e. The van der Waals surface area contributed by atoms with Gasteiger partial charge in [-0.15, -0.1) is 17.9 Å². The molecule has 0 bridgehead atoms. The lowest BCUT2D eigenvalue weighted by Gasteiger charge is -2.16. The Hall–Kier alpha value is -4.18. The minimum absolute atomic E-state index is 0.0342. The van der Waals surface area contributed by atoms with E-state index in [-0.39, 0.29) is 5.75 Å². The fourth-order valence-electron chi connectivity index (χ4n) is 3.50. The predicted octanol–water partition coefficient (Wildman–Crippen LogP) is 6.36. The van der Waals surface area contributed by atoms with E-state index < -0.39 is 18.4 Å². The molecule has 4 rings (SSSR count). The summed E-state index contributed by atoms with van der Waals surface area (Å²) >= 11 is 1.16. The van der Waals surface area contributed by atoms with Crippen LogP contribution in [0.25, 0.3) is 21.5 Å². The summed E-state index contributed by atoms with van der Waals surface area (Å²) in [5.74, 6) is 0.706. The van der Waals surface area contributed by atoms with Crippen molar-refractivity contribution < 1.29 is 27.8 Å². The first-order chi connectivity index (χ1) is 17.2. The molecule has 0 radical (unpaired) electrons. The van der Waals surface area contributed by atoms with Crippen molar-refractivity contribution in [3.63, 3.8) is 0 Å². The van der Waals surface area contributed by atoms with Gasteiger partial charge in [0.1, 0.15) is 15.5 Å². The van der Waals surface area contributed by atoms with Crippen LogP contribution < -0.4 is 25.3 Å². The van der Waals surface area contributed by atoms with Crippen LogP contribution in [0.15, 0.2) is 67.3 Å². The first-order valence-electron chi connectivity index (χ1n) is 10.7. The van der Waals surface area contributed by atoms with E-state index in [4.69, 9.17) is 15.2 Å². The Morgan fingerprint density at radius 2 is 1.83 bits per heavy atom. The topological polar surface area (TPSA) is 95.7 Å². The van der Waals surface area contributed by atoms with Gasteiger partial charge in [-0.25, -0.2) is 4.98 Å². The molecule has 3 N–H and O–H groups in total. The average Bonchev–Trinajstić information content (AvgIpc) is 3.20. The molecule has 0 aliphatic carbocycles. The van der Waals surface area contributed by atoms with Crippen LogP contribution in [0.2, 0.25) is 0 Å². The lowest BCUT2D eigenvalue weighted by molar-refractivity contribution is -0.172. The Morgan fingerprint density at radius 1 is 1.11 bits per heavy atom. The van der Waals surface area contributed by atoms with E-state index in [1.165, 1.54) is 24.3 Å².